The fourth-order valence-electron chi connectivity index (χ4n) is 1.78. The topological polar surface area (TPSA) is 12.0 Å². The lowest BCUT2D eigenvalue weighted by atomic mass is 9.95. The molecule has 1 aromatic heterocycles. The van der Waals surface area contributed by atoms with Gasteiger partial charge in [-0.3, -0.25) is 0 Å². The molecule has 92 valence electrons. The molecule has 1 rings (SSSR count). The van der Waals surface area contributed by atoms with Crippen LogP contribution in [-0.4, -0.2) is 7.05 Å². The Hall–Kier alpha value is -0.340. The van der Waals surface area contributed by atoms with Crippen molar-refractivity contribution >= 4 is 11.3 Å². The summed E-state index contributed by atoms with van der Waals surface area (Å²) in [6.07, 6.45) is 3.82. The smallest absolute Gasteiger partial charge is 0.0412 e. The van der Waals surface area contributed by atoms with Crippen molar-refractivity contribution in [2.75, 3.05) is 7.05 Å². The molecule has 0 saturated carbocycles. The van der Waals surface area contributed by atoms with E-state index in [-0.39, 0.29) is 5.41 Å². The number of hydrogen-bond acceptors (Lipinski definition) is 2. The Labute approximate surface area is 104 Å². The molecular weight excluding hydrogens is 214 g/mol. The molecule has 1 unspecified atom stereocenters. The zero-order valence-corrected chi connectivity index (χ0v) is 12.1. The van der Waals surface area contributed by atoms with Gasteiger partial charge in [0.2, 0.25) is 0 Å². The van der Waals surface area contributed by atoms with E-state index in [1.165, 1.54) is 29.0 Å². The minimum atomic E-state index is 0.284. The molecule has 0 aliphatic heterocycles. The van der Waals surface area contributed by atoms with Gasteiger partial charge < -0.3 is 5.32 Å². The van der Waals surface area contributed by atoms with Crippen LogP contribution in [0.4, 0.5) is 0 Å². The van der Waals surface area contributed by atoms with Crippen LogP contribution in [-0.2, 0) is 5.41 Å². The number of hydrogen-bond donors (Lipinski definition) is 1. The third-order valence-electron chi connectivity index (χ3n) is 2.90. The van der Waals surface area contributed by atoms with Gasteiger partial charge in [0.05, 0.1) is 0 Å². The number of thiophene rings is 1. The Bertz CT molecular complexity index is 309. The van der Waals surface area contributed by atoms with E-state index < -0.39 is 0 Å². The van der Waals surface area contributed by atoms with E-state index in [2.05, 4.69) is 52.2 Å². The summed E-state index contributed by atoms with van der Waals surface area (Å²) in [4.78, 5) is 2.97. The number of unbranched alkanes of at least 4 members (excludes halogenated alkanes) is 1. The molecule has 0 fully saturated rings. The van der Waals surface area contributed by atoms with Crippen molar-refractivity contribution in [2.24, 2.45) is 0 Å². The van der Waals surface area contributed by atoms with Gasteiger partial charge >= 0.3 is 0 Å². The summed E-state index contributed by atoms with van der Waals surface area (Å²) in [5, 5.41) is 3.43. The average Bonchev–Trinajstić information content (AvgIpc) is 2.68. The van der Waals surface area contributed by atoms with Crippen LogP contribution in [0.1, 0.15) is 62.8 Å². The molecule has 0 saturated heterocycles. The fourth-order valence-corrected chi connectivity index (χ4v) is 2.99. The maximum Gasteiger partial charge on any atom is 0.0412 e. The molecule has 2 heteroatoms. The Balaban J connectivity index is 2.75. The molecule has 1 aromatic rings. The second-order valence-electron chi connectivity index (χ2n) is 5.44. The third kappa shape index (κ3) is 3.60. The third-order valence-corrected chi connectivity index (χ3v) is 4.53. The Morgan fingerprint density at radius 2 is 2.00 bits per heavy atom. The van der Waals surface area contributed by atoms with Gasteiger partial charge in [-0.15, -0.1) is 11.3 Å². The number of nitrogens with one attached hydrogen (secondary N) is 1. The van der Waals surface area contributed by atoms with Gasteiger partial charge in [-0.05, 0) is 31.0 Å². The van der Waals surface area contributed by atoms with E-state index in [4.69, 9.17) is 0 Å². The predicted octanol–water partition coefficient (Wildman–Crippen LogP) is 4.50. The Kier molecular flexibility index (Phi) is 5.00. The lowest BCUT2D eigenvalue weighted by Crippen LogP contribution is -2.15. The summed E-state index contributed by atoms with van der Waals surface area (Å²) in [6, 6.07) is 5.12. The second kappa shape index (κ2) is 5.83. The molecular formula is C14H25NS. The van der Waals surface area contributed by atoms with Crippen molar-refractivity contribution in [1.29, 1.82) is 0 Å². The van der Waals surface area contributed by atoms with Crippen LogP contribution in [0.15, 0.2) is 12.1 Å². The molecule has 0 spiro atoms. The molecule has 0 aliphatic rings. The first-order valence-electron chi connectivity index (χ1n) is 6.26. The van der Waals surface area contributed by atoms with E-state index in [9.17, 15) is 0 Å². The van der Waals surface area contributed by atoms with E-state index in [0.29, 0.717) is 6.04 Å². The molecule has 1 heterocycles. The summed E-state index contributed by atoms with van der Waals surface area (Å²) < 4.78 is 0. The lowest BCUT2D eigenvalue weighted by molar-refractivity contribution is 0.530. The van der Waals surface area contributed by atoms with E-state index >= 15 is 0 Å². The predicted molar refractivity (Wildman–Crippen MR) is 74.3 cm³/mol. The van der Waals surface area contributed by atoms with Crippen molar-refractivity contribution in [3.8, 4) is 0 Å². The Morgan fingerprint density at radius 1 is 1.31 bits per heavy atom. The van der Waals surface area contributed by atoms with E-state index in [1.807, 2.05) is 11.3 Å². The van der Waals surface area contributed by atoms with Crippen LogP contribution in [0.5, 0.6) is 0 Å². The van der Waals surface area contributed by atoms with E-state index in [0.717, 1.165) is 0 Å². The summed E-state index contributed by atoms with van der Waals surface area (Å²) in [5.74, 6) is 0. The minimum Gasteiger partial charge on any atom is -0.312 e. The highest BCUT2D eigenvalue weighted by Gasteiger charge is 2.18. The van der Waals surface area contributed by atoms with Gasteiger partial charge in [-0.2, -0.15) is 0 Å². The van der Waals surface area contributed by atoms with Crippen LogP contribution < -0.4 is 5.32 Å². The highest BCUT2D eigenvalue weighted by molar-refractivity contribution is 7.12. The first-order chi connectivity index (χ1) is 7.49. The summed E-state index contributed by atoms with van der Waals surface area (Å²) in [5.41, 5.74) is 0.284. The SMILES string of the molecule is CCCCC(NC)c1ccc(C(C)(C)C)s1. The van der Waals surface area contributed by atoms with Crippen LogP contribution >= 0.6 is 11.3 Å². The van der Waals surface area contributed by atoms with Gasteiger partial charge in [0, 0.05) is 15.8 Å². The molecule has 1 nitrogen and oxygen atoms in total. The lowest BCUT2D eigenvalue weighted by Gasteiger charge is -2.17. The van der Waals surface area contributed by atoms with Gasteiger partial charge in [0.15, 0.2) is 0 Å². The molecule has 1 atom stereocenters. The second-order valence-corrected chi connectivity index (χ2v) is 6.55. The molecule has 0 aliphatic carbocycles. The van der Waals surface area contributed by atoms with Crippen LogP contribution in [0.3, 0.4) is 0 Å². The van der Waals surface area contributed by atoms with Gasteiger partial charge in [-0.1, -0.05) is 40.5 Å². The summed E-state index contributed by atoms with van der Waals surface area (Å²) >= 11 is 1.96. The molecule has 0 aromatic carbocycles. The molecule has 0 bridgehead atoms. The monoisotopic (exact) mass is 239 g/mol. The number of rotatable bonds is 5. The highest BCUT2D eigenvalue weighted by Crippen LogP contribution is 2.33. The van der Waals surface area contributed by atoms with Crippen molar-refractivity contribution in [1.82, 2.24) is 5.32 Å². The molecule has 1 N–H and O–H groups in total. The van der Waals surface area contributed by atoms with Crippen molar-refractivity contribution in [2.45, 2.75) is 58.4 Å². The highest BCUT2D eigenvalue weighted by atomic mass is 32.1. The van der Waals surface area contributed by atoms with Crippen molar-refractivity contribution in [3.05, 3.63) is 21.9 Å². The largest absolute Gasteiger partial charge is 0.312 e. The van der Waals surface area contributed by atoms with E-state index in [1.54, 1.807) is 0 Å². The summed E-state index contributed by atoms with van der Waals surface area (Å²) in [7, 11) is 2.07. The maximum absolute atomic E-state index is 3.43. The van der Waals surface area contributed by atoms with Crippen molar-refractivity contribution in [3.63, 3.8) is 0 Å². The molecule has 16 heavy (non-hydrogen) atoms. The minimum absolute atomic E-state index is 0.284. The van der Waals surface area contributed by atoms with Crippen molar-refractivity contribution < 1.29 is 0 Å². The quantitative estimate of drug-likeness (QED) is 0.798. The maximum atomic E-state index is 3.43. The van der Waals surface area contributed by atoms with Crippen LogP contribution in [0.2, 0.25) is 0 Å². The molecule has 0 radical (unpaired) electrons. The standard InChI is InChI=1S/C14H25NS/c1-6-7-8-11(15-5)12-9-10-13(16-12)14(2,3)4/h9-11,15H,6-8H2,1-5H3. The first-order valence-corrected chi connectivity index (χ1v) is 7.08. The first kappa shape index (κ1) is 13.7. The summed E-state index contributed by atoms with van der Waals surface area (Å²) in [6.45, 7) is 9.09. The van der Waals surface area contributed by atoms with Gasteiger partial charge in [0.25, 0.3) is 0 Å². The van der Waals surface area contributed by atoms with Crippen LogP contribution in [0, 0.1) is 0 Å². The average molecular weight is 239 g/mol. The fraction of sp³-hybridized carbons (Fsp3) is 0.714. The zero-order chi connectivity index (χ0) is 12.2. The van der Waals surface area contributed by atoms with Crippen LogP contribution in [0.25, 0.3) is 0 Å². The molecule has 0 amide bonds. The van der Waals surface area contributed by atoms with Gasteiger partial charge in [-0.25, -0.2) is 0 Å². The Morgan fingerprint density at radius 3 is 2.44 bits per heavy atom. The normalized spacial score (nSPS) is 14.1. The zero-order valence-electron chi connectivity index (χ0n) is 11.3. The van der Waals surface area contributed by atoms with Gasteiger partial charge in [0.1, 0.15) is 0 Å².